The summed E-state index contributed by atoms with van der Waals surface area (Å²) >= 11 is 1.66. The average molecular weight is 398 g/mol. The van der Waals surface area contributed by atoms with Crippen LogP contribution in [0, 0.1) is 13.8 Å². The Bertz CT molecular complexity index is 1320. The van der Waals surface area contributed by atoms with Crippen molar-refractivity contribution in [2.24, 2.45) is 7.05 Å². The maximum Gasteiger partial charge on any atom is 0.125 e. The highest BCUT2D eigenvalue weighted by Gasteiger charge is 2.18. The standard InChI is InChI=1S/C23H19N5S/c1-14-11-19(22-15(2)26-23(29-22)16-7-6-9-24-12-16)27-20-17(13-28(3)21(14)20)18-8-4-5-10-25-18/h4-13H,1-3H3. The number of hydrogen-bond donors (Lipinski definition) is 0. The van der Waals surface area contributed by atoms with Crippen molar-refractivity contribution in [3.05, 3.63) is 72.4 Å². The molecular weight excluding hydrogens is 378 g/mol. The molecule has 0 saturated carbocycles. The fourth-order valence-electron chi connectivity index (χ4n) is 3.69. The van der Waals surface area contributed by atoms with Gasteiger partial charge in [-0.05, 0) is 49.7 Å². The molecule has 5 nitrogen and oxygen atoms in total. The lowest BCUT2D eigenvalue weighted by Crippen LogP contribution is -1.92. The molecule has 5 aromatic rings. The van der Waals surface area contributed by atoms with E-state index in [1.54, 1.807) is 17.5 Å². The van der Waals surface area contributed by atoms with E-state index in [1.807, 2.05) is 49.6 Å². The van der Waals surface area contributed by atoms with E-state index in [0.717, 1.165) is 49.1 Å². The Morgan fingerprint density at radius 2 is 1.86 bits per heavy atom. The third-order valence-electron chi connectivity index (χ3n) is 4.99. The first-order valence-electron chi connectivity index (χ1n) is 9.38. The second kappa shape index (κ2) is 6.90. The van der Waals surface area contributed by atoms with E-state index in [0.29, 0.717) is 0 Å². The van der Waals surface area contributed by atoms with Crippen molar-refractivity contribution in [2.75, 3.05) is 0 Å². The second-order valence-electron chi connectivity index (χ2n) is 7.07. The zero-order chi connectivity index (χ0) is 20.0. The fourth-order valence-corrected chi connectivity index (χ4v) is 4.71. The van der Waals surface area contributed by atoms with E-state index in [-0.39, 0.29) is 0 Å². The summed E-state index contributed by atoms with van der Waals surface area (Å²) in [6.07, 6.45) is 7.55. The van der Waals surface area contributed by atoms with Crippen molar-refractivity contribution in [1.82, 2.24) is 24.5 Å². The van der Waals surface area contributed by atoms with Crippen molar-refractivity contribution < 1.29 is 0 Å². The summed E-state index contributed by atoms with van der Waals surface area (Å²) in [6, 6.07) is 12.1. The number of rotatable bonds is 3. The first-order chi connectivity index (χ1) is 14.1. The highest BCUT2D eigenvalue weighted by atomic mass is 32.1. The third-order valence-corrected chi connectivity index (χ3v) is 6.22. The average Bonchev–Trinajstić information content (AvgIpc) is 3.30. The Labute approximate surface area is 172 Å². The summed E-state index contributed by atoms with van der Waals surface area (Å²) in [6.45, 7) is 4.17. The first-order valence-corrected chi connectivity index (χ1v) is 10.2. The Morgan fingerprint density at radius 1 is 0.966 bits per heavy atom. The SMILES string of the molecule is Cc1nc(-c2cccnc2)sc1-c1cc(C)c2c(n1)c(-c1ccccn1)cn2C. The molecule has 0 unspecified atom stereocenters. The molecule has 0 N–H and O–H groups in total. The van der Waals surface area contributed by atoms with Crippen molar-refractivity contribution in [3.8, 4) is 32.4 Å². The fraction of sp³-hybridized carbons (Fsp3) is 0.130. The molecule has 0 atom stereocenters. The Hall–Kier alpha value is -3.38. The van der Waals surface area contributed by atoms with Gasteiger partial charge in [0.2, 0.25) is 0 Å². The third kappa shape index (κ3) is 3.02. The van der Waals surface area contributed by atoms with Gasteiger partial charge in [-0.1, -0.05) is 6.07 Å². The molecular formula is C23H19N5S. The molecule has 5 heterocycles. The van der Waals surface area contributed by atoms with E-state index >= 15 is 0 Å². The monoisotopic (exact) mass is 397 g/mol. The van der Waals surface area contributed by atoms with Gasteiger partial charge < -0.3 is 4.57 Å². The summed E-state index contributed by atoms with van der Waals surface area (Å²) < 4.78 is 2.13. The maximum absolute atomic E-state index is 5.07. The maximum atomic E-state index is 5.07. The van der Waals surface area contributed by atoms with Crippen molar-refractivity contribution in [2.45, 2.75) is 13.8 Å². The molecule has 142 valence electrons. The molecule has 5 rings (SSSR count). The second-order valence-corrected chi connectivity index (χ2v) is 8.06. The van der Waals surface area contributed by atoms with E-state index in [2.05, 4.69) is 40.8 Å². The topological polar surface area (TPSA) is 56.5 Å². The van der Waals surface area contributed by atoms with Crippen LogP contribution in [0.25, 0.3) is 43.4 Å². The summed E-state index contributed by atoms with van der Waals surface area (Å²) in [7, 11) is 2.06. The van der Waals surface area contributed by atoms with Gasteiger partial charge in [-0.3, -0.25) is 9.97 Å². The van der Waals surface area contributed by atoms with Crippen LogP contribution in [0.2, 0.25) is 0 Å². The van der Waals surface area contributed by atoms with Crippen LogP contribution in [-0.4, -0.2) is 24.5 Å². The predicted molar refractivity (Wildman–Crippen MR) is 118 cm³/mol. The summed E-state index contributed by atoms with van der Waals surface area (Å²) in [5, 5.41) is 0.961. The molecule has 0 spiro atoms. The molecule has 0 bridgehead atoms. The van der Waals surface area contributed by atoms with Gasteiger partial charge >= 0.3 is 0 Å². The van der Waals surface area contributed by atoms with E-state index in [1.165, 1.54) is 5.56 Å². The zero-order valence-corrected chi connectivity index (χ0v) is 17.2. The van der Waals surface area contributed by atoms with Crippen molar-refractivity contribution >= 4 is 22.4 Å². The Kier molecular flexibility index (Phi) is 4.21. The lowest BCUT2D eigenvalue weighted by Gasteiger charge is -2.05. The van der Waals surface area contributed by atoms with Crippen LogP contribution in [0.3, 0.4) is 0 Å². The minimum Gasteiger partial charge on any atom is -0.348 e. The summed E-state index contributed by atoms with van der Waals surface area (Å²) in [4.78, 5) is 19.7. The van der Waals surface area contributed by atoms with Crippen LogP contribution in [0.5, 0.6) is 0 Å². The Balaban J connectivity index is 1.70. The zero-order valence-electron chi connectivity index (χ0n) is 16.4. The van der Waals surface area contributed by atoms with Crippen LogP contribution in [-0.2, 0) is 7.05 Å². The van der Waals surface area contributed by atoms with Crippen molar-refractivity contribution in [3.63, 3.8) is 0 Å². The number of fused-ring (bicyclic) bond motifs is 1. The van der Waals surface area contributed by atoms with Crippen LogP contribution in [0.4, 0.5) is 0 Å². The smallest absolute Gasteiger partial charge is 0.125 e. The van der Waals surface area contributed by atoms with E-state index < -0.39 is 0 Å². The van der Waals surface area contributed by atoms with Gasteiger partial charge in [0.15, 0.2) is 0 Å². The minimum absolute atomic E-state index is 0.930. The molecule has 0 fully saturated rings. The normalized spacial score (nSPS) is 11.3. The van der Waals surface area contributed by atoms with Gasteiger partial charge in [-0.25, -0.2) is 9.97 Å². The molecule has 0 aliphatic heterocycles. The molecule has 0 amide bonds. The Morgan fingerprint density at radius 3 is 2.62 bits per heavy atom. The number of aromatic nitrogens is 5. The van der Waals surface area contributed by atoms with Gasteiger partial charge in [0.05, 0.1) is 33.0 Å². The van der Waals surface area contributed by atoms with Gasteiger partial charge in [0.1, 0.15) is 5.01 Å². The van der Waals surface area contributed by atoms with Crippen molar-refractivity contribution in [1.29, 1.82) is 0 Å². The molecule has 0 aliphatic rings. The van der Waals surface area contributed by atoms with E-state index in [9.17, 15) is 0 Å². The largest absolute Gasteiger partial charge is 0.348 e. The number of aryl methyl sites for hydroxylation is 3. The van der Waals surface area contributed by atoms with E-state index in [4.69, 9.17) is 9.97 Å². The van der Waals surface area contributed by atoms with Gasteiger partial charge in [-0.15, -0.1) is 11.3 Å². The van der Waals surface area contributed by atoms with Gasteiger partial charge in [-0.2, -0.15) is 0 Å². The molecule has 6 heteroatoms. The molecule has 29 heavy (non-hydrogen) atoms. The molecule has 0 saturated heterocycles. The van der Waals surface area contributed by atoms with Crippen LogP contribution in [0.15, 0.2) is 61.2 Å². The number of thiazole rings is 1. The molecule has 5 aromatic heterocycles. The quantitative estimate of drug-likeness (QED) is 0.407. The molecule has 0 aliphatic carbocycles. The number of pyridine rings is 3. The number of nitrogens with zero attached hydrogens (tertiary/aromatic N) is 5. The first kappa shape index (κ1) is 17.7. The highest BCUT2D eigenvalue weighted by Crippen LogP contribution is 2.37. The highest BCUT2D eigenvalue weighted by molar-refractivity contribution is 7.18. The molecule has 0 radical (unpaired) electrons. The van der Waals surface area contributed by atoms with Crippen LogP contribution < -0.4 is 0 Å². The molecule has 0 aromatic carbocycles. The van der Waals surface area contributed by atoms with Gasteiger partial charge in [0, 0.05) is 43.0 Å². The predicted octanol–water partition coefficient (Wildman–Crippen LogP) is 5.44. The number of hydrogen-bond acceptors (Lipinski definition) is 5. The summed E-state index contributed by atoms with van der Waals surface area (Å²) in [5.74, 6) is 0. The lowest BCUT2D eigenvalue weighted by molar-refractivity contribution is 0.963. The van der Waals surface area contributed by atoms with Crippen LogP contribution >= 0.6 is 11.3 Å². The van der Waals surface area contributed by atoms with Crippen LogP contribution in [0.1, 0.15) is 11.3 Å². The van der Waals surface area contributed by atoms with Gasteiger partial charge in [0.25, 0.3) is 0 Å². The summed E-state index contributed by atoms with van der Waals surface area (Å²) in [5.41, 5.74) is 8.21. The minimum atomic E-state index is 0.930. The lowest BCUT2D eigenvalue weighted by atomic mass is 10.1.